The summed E-state index contributed by atoms with van der Waals surface area (Å²) in [6.45, 7) is 2.70. The Morgan fingerprint density at radius 2 is 1.86 bits per heavy atom. The van der Waals surface area contributed by atoms with E-state index < -0.39 is 0 Å². The number of rotatable bonds is 2. The number of nitrogens with two attached hydrogens (primary N) is 1. The molecule has 0 aromatic rings. The lowest BCUT2D eigenvalue weighted by Gasteiger charge is -2.38. The predicted octanol–water partition coefficient (Wildman–Crippen LogP) is 2.18. The van der Waals surface area contributed by atoms with E-state index in [1.54, 1.807) is 0 Å². The monoisotopic (exact) mass is 197 g/mol. The van der Waals surface area contributed by atoms with E-state index in [0.717, 1.165) is 31.6 Å². The lowest BCUT2D eigenvalue weighted by molar-refractivity contribution is -0.00755. The quantitative estimate of drug-likeness (QED) is 0.736. The molecule has 2 aliphatic rings. The van der Waals surface area contributed by atoms with Crippen molar-refractivity contribution in [1.29, 1.82) is 0 Å². The third-order valence-corrected chi connectivity index (χ3v) is 4.09. The molecule has 2 heteroatoms. The maximum atomic E-state index is 5.82. The first kappa shape index (κ1) is 10.4. The van der Waals surface area contributed by atoms with Gasteiger partial charge >= 0.3 is 0 Å². The first-order valence-corrected chi connectivity index (χ1v) is 6.19. The highest BCUT2D eigenvalue weighted by Gasteiger charge is 2.31. The Balaban J connectivity index is 1.91. The van der Waals surface area contributed by atoms with Crippen LogP contribution in [0.4, 0.5) is 0 Å². The minimum absolute atomic E-state index is 0.645. The molecule has 0 amide bonds. The lowest BCUT2D eigenvalue weighted by Crippen LogP contribution is -2.37. The summed E-state index contributed by atoms with van der Waals surface area (Å²) in [5.74, 6) is 2.47. The van der Waals surface area contributed by atoms with Crippen molar-refractivity contribution in [2.75, 3.05) is 19.8 Å². The highest BCUT2D eigenvalue weighted by atomic mass is 16.5. The molecule has 1 aliphatic carbocycles. The molecule has 0 spiro atoms. The average molecular weight is 197 g/mol. The molecule has 0 aromatic carbocycles. The smallest absolute Gasteiger partial charge is 0.0509 e. The molecule has 2 N–H and O–H groups in total. The van der Waals surface area contributed by atoms with Crippen molar-refractivity contribution in [2.24, 2.45) is 23.5 Å². The van der Waals surface area contributed by atoms with Gasteiger partial charge in [-0.05, 0) is 30.7 Å². The zero-order valence-corrected chi connectivity index (χ0v) is 9.08. The second-order valence-corrected chi connectivity index (χ2v) is 4.92. The van der Waals surface area contributed by atoms with Gasteiger partial charge in [-0.2, -0.15) is 0 Å². The minimum Gasteiger partial charge on any atom is -0.381 e. The van der Waals surface area contributed by atoms with E-state index in [-0.39, 0.29) is 0 Å². The van der Waals surface area contributed by atoms with Gasteiger partial charge in [0, 0.05) is 6.61 Å². The van der Waals surface area contributed by atoms with E-state index in [1.165, 1.54) is 38.5 Å². The Hall–Kier alpha value is -0.0800. The van der Waals surface area contributed by atoms with Crippen molar-refractivity contribution in [3.05, 3.63) is 0 Å². The van der Waals surface area contributed by atoms with Crippen molar-refractivity contribution in [2.45, 2.75) is 38.5 Å². The molecule has 1 heterocycles. The molecular formula is C12H23NO. The summed E-state index contributed by atoms with van der Waals surface area (Å²) in [4.78, 5) is 0. The van der Waals surface area contributed by atoms with Crippen LogP contribution in [0.1, 0.15) is 38.5 Å². The van der Waals surface area contributed by atoms with Gasteiger partial charge in [0.2, 0.25) is 0 Å². The second-order valence-electron chi connectivity index (χ2n) is 4.92. The maximum Gasteiger partial charge on any atom is 0.0509 e. The van der Waals surface area contributed by atoms with Gasteiger partial charge in [0.15, 0.2) is 0 Å². The molecule has 2 rings (SSSR count). The van der Waals surface area contributed by atoms with Gasteiger partial charge in [-0.25, -0.2) is 0 Å². The fourth-order valence-electron chi connectivity index (χ4n) is 3.24. The SMILES string of the molecule is NCC1COCCC1C1CCCCC1. The van der Waals surface area contributed by atoms with Crippen molar-refractivity contribution in [1.82, 2.24) is 0 Å². The topological polar surface area (TPSA) is 35.2 Å². The van der Waals surface area contributed by atoms with E-state index in [1.807, 2.05) is 0 Å². The highest BCUT2D eigenvalue weighted by molar-refractivity contribution is 4.82. The summed E-state index contributed by atoms with van der Waals surface area (Å²) in [6.07, 6.45) is 8.49. The number of hydrogen-bond acceptors (Lipinski definition) is 2. The molecule has 82 valence electrons. The van der Waals surface area contributed by atoms with Crippen LogP contribution >= 0.6 is 0 Å². The number of hydrogen-bond donors (Lipinski definition) is 1. The predicted molar refractivity (Wildman–Crippen MR) is 58.0 cm³/mol. The third-order valence-electron chi connectivity index (χ3n) is 4.09. The zero-order chi connectivity index (χ0) is 9.80. The highest BCUT2D eigenvalue weighted by Crippen LogP contribution is 2.37. The average Bonchev–Trinajstić information content (AvgIpc) is 2.30. The first-order valence-electron chi connectivity index (χ1n) is 6.19. The molecule has 0 aromatic heterocycles. The Bertz CT molecular complexity index is 166. The van der Waals surface area contributed by atoms with Crippen LogP contribution in [0.3, 0.4) is 0 Å². The molecule has 1 aliphatic heterocycles. The van der Waals surface area contributed by atoms with Gasteiger partial charge in [0.25, 0.3) is 0 Å². The van der Waals surface area contributed by atoms with Crippen LogP contribution in [0.25, 0.3) is 0 Å². The van der Waals surface area contributed by atoms with Crippen LogP contribution in [0.2, 0.25) is 0 Å². The van der Waals surface area contributed by atoms with E-state index >= 15 is 0 Å². The van der Waals surface area contributed by atoms with Crippen LogP contribution in [0.15, 0.2) is 0 Å². The van der Waals surface area contributed by atoms with Gasteiger partial charge in [-0.1, -0.05) is 32.1 Å². The summed E-state index contributed by atoms with van der Waals surface area (Å²) in [5.41, 5.74) is 5.82. The third kappa shape index (κ3) is 2.29. The van der Waals surface area contributed by atoms with Crippen molar-refractivity contribution in [3.63, 3.8) is 0 Å². The van der Waals surface area contributed by atoms with Crippen LogP contribution in [0.5, 0.6) is 0 Å². The second kappa shape index (κ2) is 5.13. The normalized spacial score (nSPS) is 35.8. The molecule has 1 saturated carbocycles. The van der Waals surface area contributed by atoms with Crippen molar-refractivity contribution < 1.29 is 4.74 Å². The fraction of sp³-hybridized carbons (Fsp3) is 1.00. The van der Waals surface area contributed by atoms with E-state index in [9.17, 15) is 0 Å². The summed E-state index contributed by atoms with van der Waals surface area (Å²) >= 11 is 0. The maximum absolute atomic E-state index is 5.82. The molecule has 14 heavy (non-hydrogen) atoms. The summed E-state index contributed by atoms with van der Waals surface area (Å²) in [5, 5.41) is 0. The zero-order valence-electron chi connectivity index (χ0n) is 9.08. The van der Waals surface area contributed by atoms with Gasteiger partial charge in [0.1, 0.15) is 0 Å². The standard InChI is InChI=1S/C12H23NO/c13-8-11-9-14-7-6-12(11)10-4-2-1-3-5-10/h10-12H,1-9,13H2. The lowest BCUT2D eigenvalue weighted by atomic mass is 9.72. The largest absolute Gasteiger partial charge is 0.381 e. The molecular weight excluding hydrogens is 174 g/mol. The van der Waals surface area contributed by atoms with Gasteiger partial charge in [-0.15, -0.1) is 0 Å². The molecule has 2 fully saturated rings. The first-order chi connectivity index (χ1) is 6.92. The van der Waals surface area contributed by atoms with E-state index in [2.05, 4.69) is 0 Å². The summed E-state index contributed by atoms with van der Waals surface area (Å²) < 4.78 is 5.51. The fourth-order valence-corrected chi connectivity index (χ4v) is 3.24. The minimum atomic E-state index is 0.645. The van der Waals surface area contributed by atoms with E-state index in [4.69, 9.17) is 10.5 Å². The molecule has 0 bridgehead atoms. The number of ether oxygens (including phenoxy) is 1. The van der Waals surface area contributed by atoms with Gasteiger partial charge in [0.05, 0.1) is 6.61 Å². The van der Waals surface area contributed by atoms with Crippen molar-refractivity contribution >= 4 is 0 Å². The Morgan fingerprint density at radius 1 is 1.07 bits per heavy atom. The Labute approximate surface area is 87.2 Å². The Morgan fingerprint density at radius 3 is 2.57 bits per heavy atom. The van der Waals surface area contributed by atoms with Crippen LogP contribution in [-0.4, -0.2) is 19.8 Å². The van der Waals surface area contributed by atoms with Gasteiger partial charge < -0.3 is 10.5 Å². The molecule has 2 atom stereocenters. The molecule has 2 nitrogen and oxygen atoms in total. The molecule has 1 saturated heterocycles. The summed E-state index contributed by atoms with van der Waals surface area (Å²) in [7, 11) is 0. The Kier molecular flexibility index (Phi) is 3.82. The van der Waals surface area contributed by atoms with Crippen molar-refractivity contribution in [3.8, 4) is 0 Å². The van der Waals surface area contributed by atoms with Gasteiger partial charge in [-0.3, -0.25) is 0 Å². The van der Waals surface area contributed by atoms with Crippen LogP contribution < -0.4 is 5.73 Å². The van der Waals surface area contributed by atoms with Crippen LogP contribution in [-0.2, 0) is 4.74 Å². The van der Waals surface area contributed by atoms with Crippen LogP contribution in [0, 0.1) is 17.8 Å². The molecule has 2 unspecified atom stereocenters. The van der Waals surface area contributed by atoms with E-state index in [0.29, 0.717) is 5.92 Å². The summed E-state index contributed by atoms with van der Waals surface area (Å²) in [6, 6.07) is 0. The molecule has 0 radical (unpaired) electrons.